The summed E-state index contributed by atoms with van der Waals surface area (Å²) in [5, 5.41) is 30.8. The van der Waals surface area contributed by atoms with Crippen molar-refractivity contribution in [1.82, 2.24) is 14.8 Å². The van der Waals surface area contributed by atoms with Crippen molar-refractivity contribution in [3.05, 3.63) is 36.2 Å². The second-order valence-corrected chi connectivity index (χ2v) is 4.48. The van der Waals surface area contributed by atoms with Crippen molar-refractivity contribution >= 4 is 0 Å². The molecule has 0 saturated heterocycles. The van der Waals surface area contributed by atoms with Crippen LogP contribution in [0.1, 0.15) is 18.4 Å². The van der Waals surface area contributed by atoms with E-state index >= 15 is 0 Å². The smallest absolute Gasteiger partial charge is 0.158 e. The van der Waals surface area contributed by atoms with E-state index in [0.717, 1.165) is 5.56 Å². The number of rotatable bonds is 5. The molecule has 2 aromatic rings. The quantitative estimate of drug-likeness (QED) is 0.833. The lowest BCUT2D eigenvalue weighted by atomic mass is 10.1. The largest absolute Gasteiger partial charge is 0.244 e. The van der Waals surface area contributed by atoms with Gasteiger partial charge in [-0.25, -0.2) is 9.67 Å². The van der Waals surface area contributed by atoms with E-state index in [0.29, 0.717) is 30.8 Å². The van der Waals surface area contributed by atoms with Crippen LogP contribution in [0.3, 0.4) is 0 Å². The van der Waals surface area contributed by atoms with Crippen molar-refractivity contribution in [3.8, 4) is 29.6 Å². The Bertz CT molecular complexity index is 740. The van der Waals surface area contributed by atoms with Gasteiger partial charge in [-0.2, -0.15) is 20.9 Å². The molecule has 0 saturated carbocycles. The molecule has 1 aromatic heterocycles. The monoisotopic (exact) mass is 276 g/mol. The Balaban J connectivity index is 2.24. The van der Waals surface area contributed by atoms with E-state index in [1.54, 1.807) is 22.9 Å². The van der Waals surface area contributed by atoms with E-state index in [9.17, 15) is 0 Å². The van der Waals surface area contributed by atoms with Crippen LogP contribution < -0.4 is 0 Å². The van der Waals surface area contributed by atoms with Crippen molar-refractivity contribution in [2.75, 3.05) is 0 Å². The number of nitriles is 3. The Kier molecular flexibility index (Phi) is 4.64. The maximum atomic E-state index is 9.13. The van der Waals surface area contributed by atoms with Gasteiger partial charge in [0.15, 0.2) is 5.82 Å². The molecule has 0 radical (unpaired) electrons. The second kappa shape index (κ2) is 6.84. The molecule has 0 amide bonds. The Hall–Kier alpha value is -3.17. The second-order valence-electron chi connectivity index (χ2n) is 4.48. The lowest BCUT2D eigenvalue weighted by Gasteiger charge is -2.09. The zero-order chi connectivity index (χ0) is 15.1. The summed E-state index contributed by atoms with van der Waals surface area (Å²) in [7, 11) is 0. The minimum Gasteiger partial charge on any atom is -0.244 e. The van der Waals surface area contributed by atoms with Crippen LogP contribution in [0.2, 0.25) is 0 Å². The molecule has 0 aliphatic carbocycles. The maximum Gasteiger partial charge on any atom is 0.158 e. The van der Waals surface area contributed by atoms with Crippen molar-refractivity contribution in [3.63, 3.8) is 0 Å². The third kappa shape index (κ3) is 3.43. The van der Waals surface area contributed by atoms with Crippen LogP contribution in [0.25, 0.3) is 11.4 Å². The molecule has 0 unspecified atom stereocenters. The molecule has 102 valence electrons. The first-order valence-electron chi connectivity index (χ1n) is 6.43. The Morgan fingerprint density at radius 1 is 1.24 bits per heavy atom. The van der Waals surface area contributed by atoms with Crippen molar-refractivity contribution in [1.29, 1.82) is 15.8 Å². The molecule has 0 aliphatic heterocycles. The number of benzene rings is 1. The minimum atomic E-state index is -0.288. The van der Waals surface area contributed by atoms with E-state index in [2.05, 4.69) is 22.2 Å². The Morgan fingerprint density at radius 2 is 2.10 bits per heavy atom. The predicted octanol–water partition coefficient (Wildman–Crippen LogP) is 2.26. The fourth-order valence-electron chi connectivity index (χ4n) is 1.99. The van der Waals surface area contributed by atoms with Gasteiger partial charge in [-0.05, 0) is 18.6 Å². The molecule has 0 aliphatic rings. The fraction of sp³-hybridized carbons (Fsp3) is 0.267. The highest BCUT2D eigenvalue weighted by Crippen LogP contribution is 2.19. The highest BCUT2D eigenvalue weighted by atomic mass is 15.3. The molecule has 6 nitrogen and oxygen atoms in total. The average molecular weight is 276 g/mol. The van der Waals surface area contributed by atoms with Crippen LogP contribution in [0, 0.1) is 39.9 Å². The lowest BCUT2D eigenvalue weighted by molar-refractivity contribution is 0.479. The summed E-state index contributed by atoms with van der Waals surface area (Å²) in [4.78, 5) is 4.20. The van der Waals surface area contributed by atoms with Crippen molar-refractivity contribution in [2.24, 2.45) is 5.92 Å². The molecule has 0 N–H and O–H groups in total. The van der Waals surface area contributed by atoms with Gasteiger partial charge in [-0.1, -0.05) is 12.1 Å². The lowest BCUT2D eigenvalue weighted by Crippen LogP contribution is -2.11. The van der Waals surface area contributed by atoms with Gasteiger partial charge < -0.3 is 0 Å². The van der Waals surface area contributed by atoms with Gasteiger partial charge in [0.1, 0.15) is 6.33 Å². The van der Waals surface area contributed by atoms with Crippen molar-refractivity contribution < 1.29 is 0 Å². The summed E-state index contributed by atoms with van der Waals surface area (Å²) in [6.45, 7) is 0.379. The summed E-state index contributed by atoms with van der Waals surface area (Å²) in [5.74, 6) is 0.327. The van der Waals surface area contributed by atoms with E-state index in [1.807, 2.05) is 12.1 Å². The molecule has 1 heterocycles. The van der Waals surface area contributed by atoms with Crippen LogP contribution in [-0.2, 0) is 6.54 Å². The van der Waals surface area contributed by atoms with Crippen LogP contribution in [0.4, 0.5) is 0 Å². The van der Waals surface area contributed by atoms with Gasteiger partial charge in [0.05, 0.1) is 36.2 Å². The highest BCUT2D eigenvalue weighted by molar-refractivity contribution is 5.57. The third-order valence-electron chi connectivity index (χ3n) is 3.05. The first-order chi connectivity index (χ1) is 10.3. The molecular formula is C15H12N6. The summed E-state index contributed by atoms with van der Waals surface area (Å²) in [5.41, 5.74) is 1.33. The van der Waals surface area contributed by atoms with Crippen LogP contribution >= 0.6 is 0 Å². The standard InChI is InChI=1S/C15H12N6/c16-6-2-4-13(9-18)10-21-15(19-11-20-21)14-5-1-3-12(7-14)8-17/h1,3,5,7,11,13H,2,4,10H2/t13-/m0/s1. The number of hydrogen-bond donors (Lipinski definition) is 0. The van der Waals surface area contributed by atoms with Crippen LogP contribution in [0.5, 0.6) is 0 Å². The molecule has 0 fully saturated rings. The minimum absolute atomic E-state index is 0.288. The summed E-state index contributed by atoms with van der Waals surface area (Å²) in [6.07, 6.45) is 2.27. The molecular weight excluding hydrogens is 264 g/mol. The van der Waals surface area contributed by atoms with Gasteiger partial charge in [-0.15, -0.1) is 0 Å². The fourth-order valence-corrected chi connectivity index (χ4v) is 1.99. The third-order valence-corrected chi connectivity index (χ3v) is 3.05. The summed E-state index contributed by atoms with van der Waals surface area (Å²) in [6, 6.07) is 13.4. The van der Waals surface area contributed by atoms with Gasteiger partial charge >= 0.3 is 0 Å². The zero-order valence-electron chi connectivity index (χ0n) is 11.3. The number of nitrogens with zero attached hydrogens (tertiary/aromatic N) is 6. The average Bonchev–Trinajstić information content (AvgIpc) is 2.99. The Labute approximate surface area is 122 Å². The Morgan fingerprint density at radius 3 is 2.81 bits per heavy atom. The SMILES string of the molecule is N#CCC[C@@H](C#N)Cn1ncnc1-c1cccc(C#N)c1. The van der Waals surface area contributed by atoms with Crippen LogP contribution in [-0.4, -0.2) is 14.8 Å². The molecule has 6 heteroatoms. The molecule has 0 bridgehead atoms. The van der Waals surface area contributed by atoms with Gasteiger partial charge in [0, 0.05) is 12.0 Å². The van der Waals surface area contributed by atoms with E-state index < -0.39 is 0 Å². The first kappa shape index (κ1) is 14.2. The van der Waals surface area contributed by atoms with Crippen molar-refractivity contribution in [2.45, 2.75) is 19.4 Å². The maximum absolute atomic E-state index is 9.13. The van der Waals surface area contributed by atoms with E-state index in [4.69, 9.17) is 15.8 Å². The number of aromatic nitrogens is 3. The summed E-state index contributed by atoms with van der Waals surface area (Å²) < 4.78 is 1.64. The van der Waals surface area contributed by atoms with Crippen LogP contribution in [0.15, 0.2) is 30.6 Å². The van der Waals surface area contributed by atoms with E-state index in [-0.39, 0.29) is 5.92 Å². The molecule has 0 spiro atoms. The molecule has 2 rings (SSSR count). The normalized spacial score (nSPS) is 11.1. The molecule has 21 heavy (non-hydrogen) atoms. The van der Waals surface area contributed by atoms with Gasteiger partial charge in [0.25, 0.3) is 0 Å². The first-order valence-corrected chi connectivity index (χ1v) is 6.43. The molecule has 1 atom stereocenters. The predicted molar refractivity (Wildman–Crippen MR) is 74.1 cm³/mol. The van der Waals surface area contributed by atoms with E-state index in [1.165, 1.54) is 6.33 Å². The highest BCUT2D eigenvalue weighted by Gasteiger charge is 2.13. The van der Waals surface area contributed by atoms with Gasteiger partial charge in [0.2, 0.25) is 0 Å². The number of hydrogen-bond acceptors (Lipinski definition) is 5. The van der Waals surface area contributed by atoms with Gasteiger partial charge in [-0.3, -0.25) is 0 Å². The molecule has 1 aromatic carbocycles. The zero-order valence-corrected chi connectivity index (χ0v) is 11.3. The summed E-state index contributed by atoms with van der Waals surface area (Å²) >= 11 is 0. The topological polar surface area (TPSA) is 102 Å².